The normalized spacial score (nSPS) is 10.1. The quantitative estimate of drug-likeness (QED) is 0.851. The second-order valence-electron chi connectivity index (χ2n) is 3.23. The van der Waals surface area contributed by atoms with Crippen molar-refractivity contribution in [2.24, 2.45) is 0 Å². The third-order valence-corrected chi connectivity index (χ3v) is 2.14. The number of para-hydroxylation sites is 1. The standard InChI is InChI=1S/C12H12N2O2/c1-2-16-11-6-4-3-5-9(11)10-7-12(15)14-8-13-10/h3-8H,2H2,1H3,(H,13,14,15). The van der Waals surface area contributed by atoms with Gasteiger partial charge in [0.15, 0.2) is 0 Å². The predicted octanol–water partition coefficient (Wildman–Crippen LogP) is 1.84. The first-order valence-electron chi connectivity index (χ1n) is 5.08. The second-order valence-corrected chi connectivity index (χ2v) is 3.23. The zero-order valence-electron chi connectivity index (χ0n) is 8.93. The number of aromatic amines is 1. The van der Waals surface area contributed by atoms with Crippen molar-refractivity contribution >= 4 is 0 Å². The molecule has 0 saturated carbocycles. The van der Waals surface area contributed by atoms with Crippen LogP contribution in [0.4, 0.5) is 0 Å². The van der Waals surface area contributed by atoms with Gasteiger partial charge in [-0.25, -0.2) is 4.98 Å². The Kier molecular flexibility index (Phi) is 3.00. The topological polar surface area (TPSA) is 55.0 Å². The van der Waals surface area contributed by atoms with E-state index in [1.54, 1.807) is 0 Å². The number of nitrogens with zero attached hydrogens (tertiary/aromatic N) is 1. The monoisotopic (exact) mass is 216 g/mol. The Bertz CT molecular complexity index is 534. The van der Waals surface area contributed by atoms with E-state index in [1.807, 2.05) is 31.2 Å². The van der Waals surface area contributed by atoms with Crippen LogP contribution in [0.5, 0.6) is 5.75 Å². The van der Waals surface area contributed by atoms with Gasteiger partial charge in [-0.15, -0.1) is 0 Å². The van der Waals surface area contributed by atoms with Gasteiger partial charge in [-0.3, -0.25) is 4.79 Å². The van der Waals surface area contributed by atoms with E-state index < -0.39 is 0 Å². The maximum Gasteiger partial charge on any atom is 0.251 e. The molecule has 0 bridgehead atoms. The molecular weight excluding hydrogens is 204 g/mol. The zero-order valence-corrected chi connectivity index (χ0v) is 8.93. The number of benzene rings is 1. The number of rotatable bonds is 3. The summed E-state index contributed by atoms with van der Waals surface area (Å²) in [7, 11) is 0. The second kappa shape index (κ2) is 4.61. The predicted molar refractivity (Wildman–Crippen MR) is 61.5 cm³/mol. The van der Waals surface area contributed by atoms with Crippen LogP contribution in [-0.2, 0) is 0 Å². The minimum atomic E-state index is -0.170. The average Bonchev–Trinajstić information content (AvgIpc) is 2.30. The van der Waals surface area contributed by atoms with E-state index in [-0.39, 0.29) is 5.56 Å². The van der Waals surface area contributed by atoms with Crippen molar-refractivity contribution in [3.63, 3.8) is 0 Å². The minimum Gasteiger partial charge on any atom is -0.493 e. The molecule has 1 heterocycles. The summed E-state index contributed by atoms with van der Waals surface area (Å²) in [6.07, 6.45) is 1.39. The van der Waals surface area contributed by atoms with Crippen LogP contribution in [-0.4, -0.2) is 16.6 Å². The van der Waals surface area contributed by atoms with Crippen LogP contribution in [0.15, 0.2) is 41.5 Å². The average molecular weight is 216 g/mol. The molecule has 0 aliphatic rings. The van der Waals surface area contributed by atoms with Gasteiger partial charge in [-0.2, -0.15) is 0 Å². The Morgan fingerprint density at radius 1 is 1.38 bits per heavy atom. The van der Waals surface area contributed by atoms with Gasteiger partial charge in [-0.1, -0.05) is 12.1 Å². The summed E-state index contributed by atoms with van der Waals surface area (Å²) < 4.78 is 5.48. The van der Waals surface area contributed by atoms with Crippen molar-refractivity contribution in [2.45, 2.75) is 6.92 Å². The third kappa shape index (κ3) is 2.11. The number of aromatic nitrogens is 2. The first-order valence-corrected chi connectivity index (χ1v) is 5.08. The van der Waals surface area contributed by atoms with Crippen LogP contribution in [0.25, 0.3) is 11.3 Å². The van der Waals surface area contributed by atoms with E-state index in [4.69, 9.17) is 4.74 Å². The highest BCUT2D eigenvalue weighted by molar-refractivity contribution is 5.66. The zero-order chi connectivity index (χ0) is 11.4. The molecule has 0 radical (unpaired) electrons. The molecule has 2 rings (SSSR count). The molecule has 16 heavy (non-hydrogen) atoms. The Balaban J connectivity index is 2.51. The largest absolute Gasteiger partial charge is 0.493 e. The number of H-pyrrole nitrogens is 1. The van der Waals surface area contributed by atoms with E-state index in [9.17, 15) is 4.79 Å². The molecule has 1 aromatic heterocycles. The van der Waals surface area contributed by atoms with E-state index in [0.717, 1.165) is 11.3 Å². The van der Waals surface area contributed by atoms with E-state index in [2.05, 4.69) is 9.97 Å². The maximum absolute atomic E-state index is 11.2. The molecule has 0 aliphatic heterocycles. The van der Waals surface area contributed by atoms with Crippen molar-refractivity contribution in [3.05, 3.63) is 47.0 Å². The highest BCUT2D eigenvalue weighted by atomic mass is 16.5. The summed E-state index contributed by atoms with van der Waals surface area (Å²) in [6.45, 7) is 2.50. The number of hydrogen-bond donors (Lipinski definition) is 1. The lowest BCUT2D eigenvalue weighted by molar-refractivity contribution is 0.341. The highest BCUT2D eigenvalue weighted by Crippen LogP contribution is 2.26. The summed E-state index contributed by atoms with van der Waals surface area (Å²) in [5.41, 5.74) is 1.28. The van der Waals surface area contributed by atoms with Crippen molar-refractivity contribution in [1.29, 1.82) is 0 Å². The smallest absolute Gasteiger partial charge is 0.251 e. The molecule has 4 nitrogen and oxygen atoms in total. The summed E-state index contributed by atoms with van der Waals surface area (Å²) in [4.78, 5) is 17.8. The van der Waals surface area contributed by atoms with Gasteiger partial charge in [0, 0.05) is 11.6 Å². The summed E-state index contributed by atoms with van der Waals surface area (Å²) in [5, 5.41) is 0. The van der Waals surface area contributed by atoms with Crippen molar-refractivity contribution in [2.75, 3.05) is 6.61 Å². The number of hydrogen-bond acceptors (Lipinski definition) is 3. The van der Waals surface area contributed by atoms with Gasteiger partial charge in [-0.05, 0) is 19.1 Å². The van der Waals surface area contributed by atoms with Crippen LogP contribution in [0.2, 0.25) is 0 Å². The molecule has 0 fully saturated rings. The summed E-state index contributed by atoms with van der Waals surface area (Å²) in [5.74, 6) is 0.739. The lowest BCUT2D eigenvalue weighted by Crippen LogP contribution is -2.05. The van der Waals surface area contributed by atoms with Crippen LogP contribution in [0.3, 0.4) is 0 Å². The van der Waals surface area contributed by atoms with Gasteiger partial charge < -0.3 is 9.72 Å². The molecule has 0 amide bonds. The van der Waals surface area contributed by atoms with Gasteiger partial charge in [0.05, 0.1) is 18.6 Å². The fourth-order valence-corrected chi connectivity index (χ4v) is 1.48. The van der Waals surface area contributed by atoms with Crippen molar-refractivity contribution in [3.8, 4) is 17.0 Å². The van der Waals surface area contributed by atoms with Crippen LogP contribution >= 0.6 is 0 Å². The Morgan fingerprint density at radius 2 is 2.19 bits per heavy atom. The number of nitrogens with one attached hydrogen (secondary N) is 1. The molecule has 2 aromatic rings. The van der Waals surface area contributed by atoms with E-state index in [1.165, 1.54) is 12.4 Å². The van der Waals surface area contributed by atoms with Gasteiger partial charge in [0.2, 0.25) is 0 Å². The maximum atomic E-state index is 11.2. The SMILES string of the molecule is CCOc1ccccc1-c1cc(=O)[nH]cn1. The minimum absolute atomic E-state index is 0.170. The van der Waals surface area contributed by atoms with Crippen molar-refractivity contribution < 1.29 is 4.74 Å². The molecular formula is C12H12N2O2. The van der Waals surface area contributed by atoms with E-state index >= 15 is 0 Å². The Labute approximate surface area is 92.9 Å². The fraction of sp³-hybridized carbons (Fsp3) is 0.167. The molecule has 0 atom stereocenters. The lowest BCUT2D eigenvalue weighted by atomic mass is 10.1. The Morgan fingerprint density at radius 3 is 2.94 bits per heavy atom. The van der Waals surface area contributed by atoms with Crippen molar-refractivity contribution in [1.82, 2.24) is 9.97 Å². The number of ether oxygens (including phenoxy) is 1. The third-order valence-electron chi connectivity index (χ3n) is 2.14. The molecule has 4 heteroatoms. The molecule has 1 N–H and O–H groups in total. The molecule has 0 aliphatic carbocycles. The van der Waals surface area contributed by atoms with E-state index in [0.29, 0.717) is 12.3 Å². The molecule has 1 aromatic carbocycles. The summed E-state index contributed by atoms with van der Waals surface area (Å²) in [6, 6.07) is 8.98. The van der Waals surface area contributed by atoms with Gasteiger partial charge in [0.1, 0.15) is 5.75 Å². The Hall–Kier alpha value is -2.10. The highest BCUT2D eigenvalue weighted by Gasteiger charge is 2.06. The molecule has 82 valence electrons. The van der Waals surface area contributed by atoms with Gasteiger partial charge >= 0.3 is 0 Å². The first-order chi connectivity index (χ1) is 7.81. The van der Waals surface area contributed by atoms with Crippen LogP contribution < -0.4 is 10.3 Å². The molecule has 0 spiro atoms. The van der Waals surface area contributed by atoms with Crippen LogP contribution in [0, 0.1) is 0 Å². The lowest BCUT2D eigenvalue weighted by Gasteiger charge is -2.08. The molecule has 0 unspecified atom stereocenters. The molecule has 0 saturated heterocycles. The van der Waals surface area contributed by atoms with Gasteiger partial charge in [0.25, 0.3) is 5.56 Å². The van der Waals surface area contributed by atoms with Crippen LogP contribution in [0.1, 0.15) is 6.92 Å². The fourth-order valence-electron chi connectivity index (χ4n) is 1.48. The first kappa shape index (κ1) is 10.4. The summed E-state index contributed by atoms with van der Waals surface area (Å²) >= 11 is 0.